The van der Waals surface area contributed by atoms with E-state index in [0.717, 1.165) is 18.3 Å². The number of hydrogen-bond donors (Lipinski definition) is 1. The first kappa shape index (κ1) is 14.8. The Morgan fingerprint density at radius 1 is 1.53 bits per heavy atom. The normalized spacial score (nSPS) is 11.6. The molecule has 0 atom stereocenters. The summed E-state index contributed by atoms with van der Waals surface area (Å²) in [6.07, 6.45) is 1.53. The van der Waals surface area contributed by atoms with Crippen molar-refractivity contribution in [1.82, 2.24) is 9.88 Å². The Bertz CT molecular complexity index is 535. The summed E-state index contributed by atoms with van der Waals surface area (Å²) in [5.41, 5.74) is -0.359. The van der Waals surface area contributed by atoms with Crippen molar-refractivity contribution in [2.75, 3.05) is 14.1 Å². The van der Waals surface area contributed by atoms with Gasteiger partial charge in [0.05, 0.1) is 6.34 Å². The molecule has 19 heavy (non-hydrogen) atoms. The predicted molar refractivity (Wildman–Crippen MR) is 69.9 cm³/mol. The first-order valence-corrected chi connectivity index (χ1v) is 5.93. The summed E-state index contributed by atoms with van der Waals surface area (Å²) < 4.78 is 0. The third-order valence-corrected chi connectivity index (χ3v) is 2.35. The summed E-state index contributed by atoms with van der Waals surface area (Å²) >= 11 is 1.15. The molecular formula is C10H12N4O4S. The molecule has 1 rings (SSSR count). The van der Waals surface area contributed by atoms with Crippen molar-refractivity contribution in [3.8, 4) is 0 Å². The third kappa shape index (κ3) is 4.84. The maximum atomic E-state index is 11.0. The van der Waals surface area contributed by atoms with Crippen LogP contribution in [0, 0.1) is 0 Å². The van der Waals surface area contributed by atoms with Crippen LogP contribution < -0.4 is 0 Å². The van der Waals surface area contributed by atoms with Gasteiger partial charge < -0.3 is 14.8 Å². The minimum Gasteiger partial charge on any atom is -0.476 e. The first-order valence-electron chi connectivity index (χ1n) is 5.05. The Labute approximate surface area is 113 Å². The van der Waals surface area contributed by atoms with Gasteiger partial charge in [0.15, 0.2) is 0 Å². The molecule has 0 saturated heterocycles. The SMILES string of the molecule is CC(=O)O/N=C(\C(=O)O)c1csc(N=CN(C)C)n1. The van der Waals surface area contributed by atoms with Crippen LogP contribution in [0.25, 0.3) is 0 Å². The molecule has 0 fully saturated rings. The van der Waals surface area contributed by atoms with Gasteiger partial charge in [-0.15, -0.1) is 11.3 Å². The lowest BCUT2D eigenvalue weighted by atomic mass is 10.3. The van der Waals surface area contributed by atoms with Gasteiger partial charge in [0.2, 0.25) is 10.8 Å². The zero-order chi connectivity index (χ0) is 14.4. The average Bonchev–Trinajstić information content (AvgIpc) is 2.74. The standard InChI is InChI=1S/C10H12N4O4S/c1-6(15)18-13-8(9(16)17)7-4-19-10(12-7)11-5-14(2)3/h4-5H,1-3H3,(H,16,17)/b11-5?,13-8-. The van der Waals surface area contributed by atoms with Gasteiger partial charge in [0.1, 0.15) is 5.69 Å². The highest BCUT2D eigenvalue weighted by Gasteiger charge is 2.17. The second-order valence-electron chi connectivity index (χ2n) is 3.55. The highest BCUT2D eigenvalue weighted by Crippen LogP contribution is 2.19. The molecule has 0 spiro atoms. The monoisotopic (exact) mass is 284 g/mol. The van der Waals surface area contributed by atoms with Gasteiger partial charge in [-0.25, -0.2) is 19.6 Å². The van der Waals surface area contributed by atoms with Crippen molar-refractivity contribution in [3.63, 3.8) is 0 Å². The quantitative estimate of drug-likeness (QED) is 0.369. The number of hydrogen-bond acceptors (Lipinski definition) is 7. The molecule has 1 aromatic heterocycles. The van der Waals surface area contributed by atoms with Crippen molar-refractivity contribution < 1.29 is 19.5 Å². The lowest BCUT2D eigenvalue weighted by molar-refractivity contribution is -0.141. The summed E-state index contributed by atoms with van der Waals surface area (Å²) in [6.45, 7) is 1.12. The van der Waals surface area contributed by atoms with Crippen LogP contribution in [0.2, 0.25) is 0 Å². The van der Waals surface area contributed by atoms with E-state index in [1.165, 1.54) is 11.7 Å². The number of thiazole rings is 1. The summed E-state index contributed by atoms with van der Waals surface area (Å²) in [4.78, 5) is 35.6. The average molecular weight is 284 g/mol. The Balaban J connectivity index is 2.96. The van der Waals surface area contributed by atoms with Gasteiger partial charge in [-0.1, -0.05) is 5.16 Å². The Morgan fingerprint density at radius 2 is 2.21 bits per heavy atom. The van der Waals surface area contributed by atoms with Crippen LogP contribution >= 0.6 is 11.3 Å². The number of carboxylic acid groups (broad SMARTS) is 1. The summed E-state index contributed by atoms with van der Waals surface area (Å²) in [6, 6.07) is 0. The lowest BCUT2D eigenvalue weighted by Gasteiger charge is -1.99. The lowest BCUT2D eigenvalue weighted by Crippen LogP contribution is -2.16. The zero-order valence-electron chi connectivity index (χ0n) is 10.5. The molecule has 1 N–H and O–H groups in total. The Hall–Kier alpha value is -2.29. The van der Waals surface area contributed by atoms with Gasteiger partial charge in [-0.3, -0.25) is 0 Å². The smallest absolute Gasteiger partial charge is 0.360 e. The van der Waals surface area contributed by atoms with Crippen LogP contribution in [0.5, 0.6) is 0 Å². The van der Waals surface area contributed by atoms with E-state index < -0.39 is 17.7 Å². The number of aliphatic carboxylic acids is 1. The van der Waals surface area contributed by atoms with E-state index in [0.29, 0.717) is 5.13 Å². The Morgan fingerprint density at radius 3 is 2.74 bits per heavy atom. The van der Waals surface area contributed by atoms with Crippen LogP contribution in [0.3, 0.4) is 0 Å². The molecule has 0 aromatic carbocycles. The number of carbonyl (C=O) groups is 2. The number of carboxylic acids is 1. The summed E-state index contributed by atoms with van der Waals surface area (Å²) in [5.74, 6) is -2.05. The van der Waals surface area contributed by atoms with E-state index in [4.69, 9.17) is 5.11 Å². The number of carbonyl (C=O) groups excluding carboxylic acids is 1. The van der Waals surface area contributed by atoms with Crippen LogP contribution in [0.4, 0.5) is 5.13 Å². The Kier molecular flexibility index (Phi) is 5.12. The number of oxime groups is 1. The van der Waals surface area contributed by atoms with E-state index in [2.05, 4.69) is 20.0 Å². The molecule has 0 bridgehead atoms. The molecule has 0 unspecified atom stereocenters. The fraction of sp³-hybridized carbons (Fsp3) is 0.300. The number of aliphatic imine (C=N–C) groups is 1. The largest absolute Gasteiger partial charge is 0.476 e. The van der Waals surface area contributed by atoms with Gasteiger partial charge in [-0.2, -0.15) is 0 Å². The van der Waals surface area contributed by atoms with Gasteiger partial charge in [-0.05, 0) is 0 Å². The first-order chi connectivity index (χ1) is 8.90. The maximum absolute atomic E-state index is 11.0. The molecule has 9 heteroatoms. The van der Waals surface area contributed by atoms with Crippen LogP contribution in [0.1, 0.15) is 12.6 Å². The second kappa shape index (κ2) is 6.59. The third-order valence-electron chi connectivity index (χ3n) is 1.60. The van der Waals surface area contributed by atoms with E-state index in [9.17, 15) is 9.59 Å². The molecule has 0 amide bonds. The minimum absolute atomic E-state index is 0.0876. The summed E-state index contributed by atoms with van der Waals surface area (Å²) in [7, 11) is 3.59. The fourth-order valence-electron chi connectivity index (χ4n) is 0.902. The molecule has 102 valence electrons. The van der Waals surface area contributed by atoms with Gasteiger partial charge >= 0.3 is 11.9 Å². The molecule has 8 nitrogen and oxygen atoms in total. The van der Waals surface area contributed by atoms with E-state index in [1.807, 2.05) is 0 Å². The van der Waals surface area contributed by atoms with Crippen molar-refractivity contribution in [1.29, 1.82) is 0 Å². The molecule has 0 aliphatic rings. The fourth-order valence-corrected chi connectivity index (χ4v) is 1.54. The molecule has 1 aromatic rings. The van der Waals surface area contributed by atoms with Crippen LogP contribution in [-0.2, 0) is 14.4 Å². The zero-order valence-corrected chi connectivity index (χ0v) is 11.3. The van der Waals surface area contributed by atoms with Gasteiger partial charge in [0.25, 0.3) is 0 Å². The molecule has 0 radical (unpaired) electrons. The van der Waals surface area contributed by atoms with Crippen LogP contribution in [-0.4, -0.2) is 53.1 Å². The van der Waals surface area contributed by atoms with E-state index in [1.54, 1.807) is 19.0 Å². The molecule has 0 saturated carbocycles. The van der Waals surface area contributed by atoms with Crippen molar-refractivity contribution >= 4 is 40.5 Å². The van der Waals surface area contributed by atoms with E-state index >= 15 is 0 Å². The van der Waals surface area contributed by atoms with Crippen molar-refractivity contribution in [3.05, 3.63) is 11.1 Å². The summed E-state index contributed by atoms with van der Waals surface area (Å²) in [5, 5.41) is 14.1. The number of aromatic nitrogens is 1. The topological polar surface area (TPSA) is 104 Å². The van der Waals surface area contributed by atoms with Crippen molar-refractivity contribution in [2.45, 2.75) is 6.92 Å². The maximum Gasteiger partial charge on any atom is 0.360 e. The van der Waals surface area contributed by atoms with Crippen molar-refractivity contribution in [2.24, 2.45) is 10.1 Å². The molecular weight excluding hydrogens is 272 g/mol. The highest BCUT2D eigenvalue weighted by atomic mass is 32.1. The predicted octanol–water partition coefficient (Wildman–Crippen LogP) is 0.716. The molecule has 1 heterocycles. The highest BCUT2D eigenvalue weighted by molar-refractivity contribution is 7.13. The number of rotatable bonds is 5. The van der Waals surface area contributed by atoms with E-state index in [-0.39, 0.29) is 5.69 Å². The number of nitrogens with zero attached hydrogens (tertiary/aromatic N) is 4. The molecule has 0 aliphatic heterocycles. The van der Waals surface area contributed by atoms with Crippen LogP contribution in [0.15, 0.2) is 15.5 Å². The second-order valence-corrected chi connectivity index (χ2v) is 4.39. The molecule has 0 aliphatic carbocycles. The minimum atomic E-state index is -1.34. The van der Waals surface area contributed by atoms with Gasteiger partial charge in [0, 0.05) is 26.4 Å².